The van der Waals surface area contributed by atoms with E-state index in [1.54, 1.807) is 0 Å². The van der Waals surface area contributed by atoms with E-state index in [9.17, 15) is 17.6 Å². The van der Waals surface area contributed by atoms with Crippen LogP contribution >= 0.6 is 0 Å². The molecule has 0 aromatic carbocycles. The van der Waals surface area contributed by atoms with Crippen LogP contribution in [0.4, 0.5) is 17.6 Å². The first-order chi connectivity index (χ1) is 11.3. The fourth-order valence-electron chi connectivity index (χ4n) is 5.20. The minimum atomic E-state index is -2.51. The summed E-state index contributed by atoms with van der Waals surface area (Å²) in [7, 11) is 0. The number of piperidine rings is 1. The Morgan fingerprint density at radius 3 is 1.67 bits per heavy atom. The third kappa shape index (κ3) is 4.86. The first-order valence-corrected chi connectivity index (χ1v) is 9.84. The van der Waals surface area contributed by atoms with Gasteiger partial charge in [-0.2, -0.15) is 0 Å². The van der Waals surface area contributed by atoms with Gasteiger partial charge >= 0.3 is 0 Å². The van der Waals surface area contributed by atoms with Crippen LogP contribution in [0.25, 0.3) is 0 Å². The Morgan fingerprint density at radius 1 is 0.750 bits per heavy atom. The van der Waals surface area contributed by atoms with Crippen molar-refractivity contribution in [2.75, 3.05) is 6.54 Å². The average Bonchev–Trinajstić information content (AvgIpc) is 2.54. The van der Waals surface area contributed by atoms with Crippen LogP contribution in [0.1, 0.15) is 77.0 Å². The van der Waals surface area contributed by atoms with Gasteiger partial charge in [0.1, 0.15) is 0 Å². The monoisotopic (exact) mass is 349 g/mol. The van der Waals surface area contributed by atoms with Crippen LogP contribution in [0, 0.1) is 17.8 Å². The highest BCUT2D eigenvalue weighted by atomic mass is 19.3. The van der Waals surface area contributed by atoms with E-state index in [-0.39, 0.29) is 25.7 Å². The van der Waals surface area contributed by atoms with Crippen LogP contribution in [0.5, 0.6) is 0 Å². The molecule has 0 amide bonds. The molecule has 5 heteroatoms. The fourth-order valence-corrected chi connectivity index (χ4v) is 5.20. The molecule has 1 atom stereocenters. The normalized spacial score (nSPS) is 32.1. The fraction of sp³-hybridized carbons (Fsp3) is 1.00. The van der Waals surface area contributed by atoms with E-state index in [0.29, 0.717) is 49.5 Å². The van der Waals surface area contributed by atoms with Gasteiger partial charge in [0.2, 0.25) is 11.8 Å². The van der Waals surface area contributed by atoms with Gasteiger partial charge in [0, 0.05) is 31.7 Å². The maximum atomic E-state index is 13.5. The summed E-state index contributed by atoms with van der Waals surface area (Å²) >= 11 is 0. The van der Waals surface area contributed by atoms with Crippen molar-refractivity contribution in [3.8, 4) is 0 Å². The summed E-state index contributed by atoms with van der Waals surface area (Å²) in [6, 6.07) is 0.452. The van der Waals surface area contributed by atoms with Gasteiger partial charge in [0.15, 0.2) is 0 Å². The molecule has 24 heavy (non-hydrogen) atoms. The van der Waals surface area contributed by atoms with Crippen LogP contribution in [0.2, 0.25) is 0 Å². The van der Waals surface area contributed by atoms with Gasteiger partial charge in [0.25, 0.3) is 0 Å². The van der Waals surface area contributed by atoms with Crippen molar-refractivity contribution in [2.45, 2.75) is 94.9 Å². The van der Waals surface area contributed by atoms with E-state index in [0.717, 1.165) is 19.4 Å². The van der Waals surface area contributed by atoms with Gasteiger partial charge in [-0.3, -0.25) is 0 Å². The number of hydrogen-bond acceptors (Lipinski definition) is 1. The zero-order valence-corrected chi connectivity index (χ0v) is 14.5. The standard InChI is InChI=1S/C19H31F4N/c20-18(21)8-4-14(5-9-18)17(13-16-3-1-2-12-24-16)15-6-10-19(22,23)11-7-15/h14-17,24H,1-13H2/t16-/m0/s1. The number of halogens is 4. The maximum absolute atomic E-state index is 13.5. The highest BCUT2D eigenvalue weighted by molar-refractivity contribution is 4.90. The molecular formula is C19H31F4N. The molecule has 140 valence electrons. The zero-order chi connectivity index (χ0) is 17.2. The second-order valence-corrected chi connectivity index (χ2v) is 8.43. The van der Waals surface area contributed by atoms with Crippen LogP contribution in [-0.2, 0) is 0 Å². The molecule has 2 aliphatic carbocycles. The Kier molecular flexibility index (Phi) is 5.78. The third-order valence-electron chi connectivity index (χ3n) is 6.70. The van der Waals surface area contributed by atoms with Crippen molar-refractivity contribution in [3.05, 3.63) is 0 Å². The molecule has 0 radical (unpaired) electrons. The third-order valence-corrected chi connectivity index (χ3v) is 6.70. The van der Waals surface area contributed by atoms with E-state index >= 15 is 0 Å². The molecule has 0 spiro atoms. The lowest BCUT2D eigenvalue weighted by atomic mass is 9.66. The maximum Gasteiger partial charge on any atom is 0.248 e. The summed E-state index contributed by atoms with van der Waals surface area (Å²) in [5.74, 6) is -4.09. The van der Waals surface area contributed by atoms with Gasteiger partial charge in [-0.25, -0.2) is 17.6 Å². The van der Waals surface area contributed by atoms with E-state index in [4.69, 9.17) is 0 Å². The van der Waals surface area contributed by atoms with Crippen molar-refractivity contribution < 1.29 is 17.6 Å². The smallest absolute Gasteiger partial charge is 0.248 e. The SMILES string of the molecule is FC1(F)CCC(C(C[C@@H]2CCCCN2)C2CCC(F)(F)CC2)CC1. The number of alkyl halides is 4. The Balaban J connectivity index is 1.64. The van der Waals surface area contributed by atoms with E-state index in [1.807, 2.05) is 0 Å². The van der Waals surface area contributed by atoms with Crippen molar-refractivity contribution >= 4 is 0 Å². The topological polar surface area (TPSA) is 12.0 Å². The molecule has 0 bridgehead atoms. The Bertz CT molecular complexity index is 358. The average molecular weight is 349 g/mol. The first kappa shape index (κ1) is 18.5. The largest absolute Gasteiger partial charge is 0.314 e. The molecule has 1 saturated heterocycles. The molecule has 3 aliphatic rings. The molecule has 3 fully saturated rings. The molecule has 1 aliphatic heterocycles. The van der Waals surface area contributed by atoms with Crippen LogP contribution in [-0.4, -0.2) is 24.4 Å². The predicted octanol–water partition coefficient (Wildman–Crippen LogP) is 5.79. The molecule has 2 saturated carbocycles. The predicted molar refractivity (Wildman–Crippen MR) is 87.6 cm³/mol. The second-order valence-electron chi connectivity index (χ2n) is 8.43. The summed E-state index contributed by atoms with van der Waals surface area (Å²) in [6.45, 7) is 1.03. The van der Waals surface area contributed by atoms with Crippen LogP contribution in [0.3, 0.4) is 0 Å². The lowest BCUT2D eigenvalue weighted by molar-refractivity contribution is -0.0748. The summed E-state index contributed by atoms with van der Waals surface area (Å²) in [4.78, 5) is 0. The van der Waals surface area contributed by atoms with Crippen molar-refractivity contribution in [3.63, 3.8) is 0 Å². The number of rotatable bonds is 4. The summed E-state index contributed by atoms with van der Waals surface area (Å²) in [5.41, 5.74) is 0. The Hall–Kier alpha value is -0.320. The van der Waals surface area contributed by atoms with Gasteiger partial charge < -0.3 is 5.32 Å². The van der Waals surface area contributed by atoms with E-state index < -0.39 is 11.8 Å². The first-order valence-electron chi connectivity index (χ1n) is 9.84. The van der Waals surface area contributed by atoms with Crippen molar-refractivity contribution in [2.24, 2.45) is 17.8 Å². The highest BCUT2D eigenvalue weighted by Crippen LogP contribution is 2.48. The second kappa shape index (κ2) is 7.51. The minimum absolute atomic E-state index is 0.0187. The summed E-state index contributed by atoms with van der Waals surface area (Å²) in [5, 5.41) is 3.56. The van der Waals surface area contributed by atoms with Gasteiger partial charge in [-0.1, -0.05) is 6.42 Å². The molecule has 1 N–H and O–H groups in total. The molecule has 0 unspecified atom stereocenters. The lowest BCUT2D eigenvalue weighted by Gasteiger charge is -2.42. The summed E-state index contributed by atoms with van der Waals surface area (Å²) < 4.78 is 54.1. The molecule has 3 rings (SSSR count). The Labute approximate surface area is 143 Å². The highest BCUT2D eigenvalue weighted by Gasteiger charge is 2.43. The van der Waals surface area contributed by atoms with Gasteiger partial charge in [0.05, 0.1) is 0 Å². The molecule has 1 heterocycles. The quantitative estimate of drug-likeness (QED) is 0.634. The van der Waals surface area contributed by atoms with E-state index in [2.05, 4.69) is 5.32 Å². The molecular weight excluding hydrogens is 318 g/mol. The van der Waals surface area contributed by atoms with Crippen molar-refractivity contribution in [1.29, 1.82) is 0 Å². The number of hydrogen-bond donors (Lipinski definition) is 1. The van der Waals surface area contributed by atoms with Gasteiger partial charge in [-0.05, 0) is 69.2 Å². The molecule has 0 aromatic heterocycles. The zero-order valence-electron chi connectivity index (χ0n) is 14.5. The van der Waals surface area contributed by atoms with Crippen LogP contribution < -0.4 is 5.32 Å². The Morgan fingerprint density at radius 2 is 1.25 bits per heavy atom. The van der Waals surface area contributed by atoms with Gasteiger partial charge in [-0.15, -0.1) is 0 Å². The van der Waals surface area contributed by atoms with Crippen LogP contribution in [0.15, 0.2) is 0 Å². The number of nitrogens with one attached hydrogen (secondary N) is 1. The van der Waals surface area contributed by atoms with E-state index in [1.165, 1.54) is 12.8 Å². The lowest BCUT2D eigenvalue weighted by Crippen LogP contribution is -2.41. The minimum Gasteiger partial charge on any atom is -0.314 e. The summed E-state index contributed by atoms with van der Waals surface area (Å²) in [6.07, 6.45) is 6.74. The molecule has 0 aromatic rings. The molecule has 1 nitrogen and oxygen atoms in total. The van der Waals surface area contributed by atoms with Crippen molar-refractivity contribution in [1.82, 2.24) is 5.32 Å².